The molecule has 5 nitrogen and oxygen atoms in total. The van der Waals surface area contributed by atoms with Crippen LogP contribution in [0, 0.1) is 31.6 Å². The minimum Gasteiger partial charge on any atom is -0.460 e. The minimum atomic E-state index is -0.548. The molecule has 1 aliphatic rings. The molecule has 1 aliphatic carbocycles. The number of carbonyl (C=O) groups excluding carboxylic acids is 2. The van der Waals surface area contributed by atoms with Gasteiger partial charge in [-0.15, -0.1) is 0 Å². The number of ether oxygens (including phenoxy) is 2. The first-order chi connectivity index (χ1) is 15.3. The van der Waals surface area contributed by atoms with Crippen molar-refractivity contribution in [1.82, 2.24) is 0 Å². The second kappa shape index (κ2) is 10.7. The Hall–Kier alpha value is -2.82. The highest BCUT2D eigenvalue weighted by atomic mass is 16.6. The number of rotatable bonds is 7. The highest BCUT2D eigenvalue weighted by molar-refractivity contribution is 5.97. The van der Waals surface area contributed by atoms with Crippen LogP contribution in [-0.4, -0.2) is 24.6 Å². The Morgan fingerprint density at radius 1 is 1.03 bits per heavy atom. The molecule has 0 radical (unpaired) electrons. The Morgan fingerprint density at radius 3 is 2.50 bits per heavy atom. The van der Waals surface area contributed by atoms with E-state index in [9.17, 15) is 9.59 Å². The zero-order chi connectivity index (χ0) is 23.3. The third-order valence-electron chi connectivity index (χ3n) is 6.59. The van der Waals surface area contributed by atoms with Gasteiger partial charge < -0.3 is 14.8 Å². The van der Waals surface area contributed by atoms with E-state index in [-0.39, 0.29) is 12.7 Å². The molecular weight excluding hydrogens is 402 g/mol. The average molecular weight is 438 g/mol. The van der Waals surface area contributed by atoms with Crippen LogP contribution in [0.5, 0.6) is 0 Å². The first-order valence-electron chi connectivity index (χ1n) is 11.5. The van der Waals surface area contributed by atoms with Crippen molar-refractivity contribution in [2.75, 3.05) is 11.9 Å². The zero-order valence-corrected chi connectivity index (χ0v) is 19.8. The van der Waals surface area contributed by atoms with Gasteiger partial charge in [-0.25, -0.2) is 9.59 Å². The van der Waals surface area contributed by atoms with Gasteiger partial charge in [0, 0.05) is 5.69 Å². The fraction of sp³-hybridized carbons (Fsp3) is 0.481. The van der Waals surface area contributed by atoms with Crippen molar-refractivity contribution < 1.29 is 19.1 Å². The van der Waals surface area contributed by atoms with Gasteiger partial charge in [-0.05, 0) is 73.8 Å². The molecule has 0 saturated heterocycles. The first kappa shape index (κ1) is 23.8. The third kappa shape index (κ3) is 5.90. The van der Waals surface area contributed by atoms with Crippen LogP contribution < -0.4 is 5.32 Å². The highest BCUT2D eigenvalue weighted by Gasteiger charge is 2.33. The maximum absolute atomic E-state index is 12.8. The Balaban J connectivity index is 1.62. The predicted octanol–water partition coefficient (Wildman–Crippen LogP) is 6.21. The fourth-order valence-electron chi connectivity index (χ4n) is 4.46. The number of esters is 2. The normalized spacial score (nSPS) is 20.6. The van der Waals surface area contributed by atoms with Gasteiger partial charge in [0.15, 0.2) is 6.61 Å². The number of para-hydroxylation sites is 1. The standard InChI is InChI=1S/C27H35NO4/c1-17(2)21-14-13-18(3)15-25(21)32-26(29)16-31-27(30)22-10-6-7-11-24(22)28-23-12-8-9-19(4)20(23)5/h6-12,17-18,21,25,28H,13-16H2,1-5H3. The molecular formula is C27H35NO4. The van der Waals surface area contributed by atoms with Gasteiger partial charge in [-0.1, -0.05) is 51.5 Å². The number of anilines is 2. The summed E-state index contributed by atoms with van der Waals surface area (Å²) >= 11 is 0. The maximum Gasteiger partial charge on any atom is 0.344 e. The Labute approximate surface area is 191 Å². The lowest BCUT2D eigenvalue weighted by molar-refractivity contribution is -0.159. The van der Waals surface area contributed by atoms with Crippen molar-refractivity contribution in [2.45, 2.75) is 60.0 Å². The van der Waals surface area contributed by atoms with E-state index in [0.717, 1.165) is 36.1 Å². The summed E-state index contributed by atoms with van der Waals surface area (Å²) in [5.41, 5.74) is 4.22. The summed E-state index contributed by atoms with van der Waals surface area (Å²) in [6.45, 7) is 10.2. The van der Waals surface area contributed by atoms with E-state index in [0.29, 0.717) is 29.0 Å². The van der Waals surface area contributed by atoms with E-state index in [1.54, 1.807) is 12.1 Å². The SMILES string of the molecule is Cc1cccc(Nc2ccccc2C(=O)OCC(=O)OC2CC(C)CCC2C(C)C)c1C. The second-order valence-electron chi connectivity index (χ2n) is 9.35. The first-order valence-corrected chi connectivity index (χ1v) is 11.5. The molecule has 1 N–H and O–H groups in total. The van der Waals surface area contributed by atoms with E-state index in [2.05, 4.69) is 26.1 Å². The van der Waals surface area contributed by atoms with Crippen LogP contribution >= 0.6 is 0 Å². The summed E-state index contributed by atoms with van der Waals surface area (Å²) < 4.78 is 11.1. The van der Waals surface area contributed by atoms with Crippen LogP contribution in [-0.2, 0) is 14.3 Å². The fourth-order valence-corrected chi connectivity index (χ4v) is 4.46. The van der Waals surface area contributed by atoms with Gasteiger partial charge in [0.2, 0.25) is 0 Å². The largest absolute Gasteiger partial charge is 0.460 e. The predicted molar refractivity (Wildman–Crippen MR) is 127 cm³/mol. The molecule has 1 saturated carbocycles. The summed E-state index contributed by atoms with van der Waals surface area (Å²) in [5.74, 6) is 0.309. The number of nitrogens with one attached hydrogen (secondary N) is 1. The van der Waals surface area contributed by atoms with Crippen molar-refractivity contribution in [2.24, 2.45) is 17.8 Å². The lowest BCUT2D eigenvalue weighted by Crippen LogP contribution is -2.36. The summed E-state index contributed by atoms with van der Waals surface area (Å²) in [6, 6.07) is 13.1. The van der Waals surface area contributed by atoms with Crippen LogP contribution in [0.4, 0.5) is 11.4 Å². The number of hydrogen-bond donors (Lipinski definition) is 1. The van der Waals surface area contributed by atoms with Crippen molar-refractivity contribution in [3.05, 3.63) is 59.2 Å². The van der Waals surface area contributed by atoms with E-state index in [4.69, 9.17) is 9.47 Å². The second-order valence-corrected chi connectivity index (χ2v) is 9.35. The van der Waals surface area contributed by atoms with E-state index in [1.807, 2.05) is 44.2 Å². The van der Waals surface area contributed by atoms with Crippen LogP contribution in [0.15, 0.2) is 42.5 Å². The molecule has 3 atom stereocenters. The van der Waals surface area contributed by atoms with E-state index >= 15 is 0 Å². The molecule has 1 fully saturated rings. The molecule has 3 unspecified atom stereocenters. The topological polar surface area (TPSA) is 64.6 Å². The summed E-state index contributed by atoms with van der Waals surface area (Å²) in [6.07, 6.45) is 2.98. The number of aryl methyl sites for hydroxylation is 1. The smallest absolute Gasteiger partial charge is 0.344 e. The number of hydrogen-bond acceptors (Lipinski definition) is 5. The van der Waals surface area contributed by atoms with Gasteiger partial charge in [-0.2, -0.15) is 0 Å². The van der Waals surface area contributed by atoms with Crippen molar-refractivity contribution in [1.29, 1.82) is 0 Å². The van der Waals surface area contributed by atoms with Gasteiger partial charge >= 0.3 is 11.9 Å². The van der Waals surface area contributed by atoms with Gasteiger partial charge in [0.05, 0.1) is 11.3 Å². The molecule has 3 rings (SSSR count). The molecule has 5 heteroatoms. The lowest BCUT2D eigenvalue weighted by Gasteiger charge is -2.36. The van der Waals surface area contributed by atoms with Crippen molar-refractivity contribution >= 4 is 23.3 Å². The molecule has 0 amide bonds. The lowest BCUT2D eigenvalue weighted by atomic mass is 9.75. The van der Waals surface area contributed by atoms with Gasteiger partial charge in [0.1, 0.15) is 6.10 Å². The van der Waals surface area contributed by atoms with E-state index in [1.165, 1.54) is 0 Å². The third-order valence-corrected chi connectivity index (χ3v) is 6.59. The summed E-state index contributed by atoms with van der Waals surface area (Å²) in [5, 5.41) is 3.32. The summed E-state index contributed by atoms with van der Waals surface area (Å²) in [7, 11) is 0. The van der Waals surface area contributed by atoms with Gasteiger partial charge in [-0.3, -0.25) is 0 Å². The quantitative estimate of drug-likeness (QED) is 0.522. The van der Waals surface area contributed by atoms with E-state index < -0.39 is 11.9 Å². The van der Waals surface area contributed by atoms with Crippen LogP contribution in [0.1, 0.15) is 61.5 Å². The molecule has 0 aromatic heterocycles. The van der Waals surface area contributed by atoms with Crippen molar-refractivity contribution in [3.8, 4) is 0 Å². The van der Waals surface area contributed by atoms with Crippen LogP contribution in [0.3, 0.4) is 0 Å². The Kier molecular flexibility index (Phi) is 7.94. The zero-order valence-electron chi connectivity index (χ0n) is 19.8. The van der Waals surface area contributed by atoms with Crippen molar-refractivity contribution in [3.63, 3.8) is 0 Å². The molecule has 0 aliphatic heterocycles. The van der Waals surface area contributed by atoms with Crippen LogP contribution in [0.2, 0.25) is 0 Å². The molecule has 172 valence electrons. The molecule has 0 spiro atoms. The van der Waals surface area contributed by atoms with Gasteiger partial charge in [0.25, 0.3) is 0 Å². The average Bonchev–Trinajstić information content (AvgIpc) is 2.75. The maximum atomic E-state index is 12.8. The molecule has 32 heavy (non-hydrogen) atoms. The Bertz CT molecular complexity index is 952. The molecule has 0 bridgehead atoms. The summed E-state index contributed by atoms with van der Waals surface area (Å²) in [4.78, 5) is 25.2. The van der Waals surface area contributed by atoms with Crippen LogP contribution in [0.25, 0.3) is 0 Å². The Morgan fingerprint density at radius 2 is 1.75 bits per heavy atom. The number of carbonyl (C=O) groups is 2. The molecule has 2 aromatic carbocycles. The minimum absolute atomic E-state index is 0.108. The highest BCUT2D eigenvalue weighted by Crippen LogP contribution is 2.35. The molecule has 0 heterocycles. The monoisotopic (exact) mass is 437 g/mol. The number of benzene rings is 2. The molecule has 2 aromatic rings.